The van der Waals surface area contributed by atoms with Crippen LogP contribution in [0.5, 0.6) is 0 Å². The van der Waals surface area contributed by atoms with E-state index in [4.69, 9.17) is 10.6 Å². The number of nitrogen functional groups attached to an aromatic ring is 1. The molecule has 136 valence electrons. The molecule has 2 heterocycles. The molecular weight excluding hydrogens is 390 g/mol. The van der Waals surface area contributed by atoms with Gasteiger partial charge in [-0.1, -0.05) is 31.1 Å². The third kappa shape index (κ3) is 4.37. The van der Waals surface area contributed by atoms with Crippen molar-refractivity contribution >= 4 is 60.8 Å². The smallest absolute Gasteiger partial charge is 0.252 e. The zero-order valence-corrected chi connectivity index (χ0v) is 16.7. The second-order valence-corrected chi connectivity index (χ2v) is 8.31. The van der Waals surface area contributed by atoms with Crippen LogP contribution in [0.2, 0.25) is 0 Å². The van der Waals surface area contributed by atoms with Crippen molar-refractivity contribution < 1.29 is 9.63 Å². The minimum Gasteiger partial charge on any atom is -0.392 e. The summed E-state index contributed by atoms with van der Waals surface area (Å²) in [5, 5.41) is 3.99. The molecule has 2 N–H and O–H groups in total. The van der Waals surface area contributed by atoms with Gasteiger partial charge in [0.2, 0.25) is 11.5 Å². The Morgan fingerprint density at radius 3 is 2.73 bits per heavy atom. The number of carbonyl (C=O) groups excluding carboxylic acids is 1. The third-order valence-electron chi connectivity index (χ3n) is 3.50. The molecule has 0 amide bonds. The van der Waals surface area contributed by atoms with Gasteiger partial charge in [-0.15, -0.1) is 11.3 Å². The number of fused-ring (bicyclic) bond motifs is 1. The number of rotatable bonds is 7. The lowest BCUT2D eigenvalue weighted by molar-refractivity contribution is -0.105. The fourth-order valence-electron chi connectivity index (χ4n) is 2.09. The largest absolute Gasteiger partial charge is 0.392 e. The van der Waals surface area contributed by atoms with Crippen LogP contribution in [0.3, 0.4) is 0 Å². The molecule has 2 aromatic heterocycles. The minimum absolute atomic E-state index is 0.0501. The van der Waals surface area contributed by atoms with Crippen molar-refractivity contribution in [3.8, 4) is 0 Å². The van der Waals surface area contributed by atoms with Gasteiger partial charge in [0.25, 0.3) is 5.12 Å². The van der Waals surface area contributed by atoms with E-state index < -0.39 is 0 Å². The SMILES string of the molecule is CCC(CC)O/N=C(\C(=O)Sc1nc2ccccc2s1)c1nsc(N)n1. The average molecular weight is 408 g/mol. The number of para-hydroxylation sites is 1. The Kier molecular flexibility index (Phi) is 6.17. The lowest BCUT2D eigenvalue weighted by Crippen LogP contribution is -2.17. The predicted molar refractivity (Wildman–Crippen MR) is 107 cm³/mol. The number of carbonyl (C=O) groups is 1. The molecule has 0 atom stereocenters. The summed E-state index contributed by atoms with van der Waals surface area (Å²) in [4.78, 5) is 26.8. The number of nitrogens with two attached hydrogens (primary N) is 1. The average Bonchev–Trinajstić information content (AvgIpc) is 3.24. The van der Waals surface area contributed by atoms with Gasteiger partial charge in [-0.05, 0) is 36.7 Å². The van der Waals surface area contributed by atoms with Crippen LogP contribution in [0.4, 0.5) is 5.13 Å². The molecule has 0 radical (unpaired) electrons. The van der Waals surface area contributed by atoms with Crippen LogP contribution in [-0.4, -0.2) is 31.3 Å². The van der Waals surface area contributed by atoms with E-state index in [9.17, 15) is 4.79 Å². The quantitative estimate of drug-likeness (QED) is 0.359. The Morgan fingerprint density at radius 1 is 1.31 bits per heavy atom. The van der Waals surface area contributed by atoms with Gasteiger partial charge in [0.15, 0.2) is 9.47 Å². The highest BCUT2D eigenvalue weighted by Crippen LogP contribution is 2.30. The van der Waals surface area contributed by atoms with E-state index in [0.29, 0.717) is 4.34 Å². The van der Waals surface area contributed by atoms with Crippen LogP contribution in [-0.2, 0) is 9.63 Å². The van der Waals surface area contributed by atoms with E-state index in [0.717, 1.165) is 46.4 Å². The fraction of sp³-hybridized carbons (Fsp3) is 0.312. The molecule has 3 rings (SSSR count). The first-order chi connectivity index (χ1) is 12.6. The number of thiazole rings is 1. The first kappa shape index (κ1) is 18.7. The van der Waals surface area contributed by atoms with E-state index in [1.807, 2.05) is 38.1 Å². The summed E-state index contributed by atoms with van der Waals surface area (Å²) in [6.45, 7) is 4.00. The molecule has 0 aliphatic carbocycles. The van der Waals surface area contributed by atoms with Crippen molar-refractivity contribution in [2.24, 2.45) is 5.16 Å². The first-order valence-electron chi connectivity index (χ1n) is 8.01. The molecule has 0 saturated heterocycles. The van der Waals surface area contributed by atoms with Crippen LogP contribution in [0.15, 0.2) is 33.8 Å². The Bertz CT molecular complexity index is 900. The molecule has 0 fully saturated rings. The van der Waals surface area contributed by atoms with Gasteiger partial charge in [-0.2, -0.15) is 9.36 Å². The maximum absolute atomic E-state index is 12.8. The third-order valence-corrected chi connectivity index (χ3v) is 6.02. The molecule has 0 spiro atoms. The van der Waals surface area contributed by atoms with E-state index in [1.165, 1.54) is 11.3 Å². The highest BCUT2D eigenvalue weighted by Gasteiger charge is 2.23. The van der Waals surface area contributed by atoms with Gasteiger partial charge in [0, 0.05) is 11.5 Å². The number of nitrogens with zero attached hydrogens (tertiary/aromatic N) is 4. The van der Waals surface area contributed by atoms with Gasteiger partial charge in [-0.3, -0.25) is 4.79 Å². The Hall–Kier alpha value is -2.04. The molecule has 0 saturated carbocycles. The van der Waals surface area contributed by atoms with Crippen LogP contribution in [0.25, 0.3) is 10.2 Å². The molecule has 1 aromatic carbocycles. The van der Waals surface area contributed by atoms with Gasteiger partial charge in [0.1, 0.15) is 6.10 Å². The van der Waals surface area contributed by atoms with E-state index >= 15 is 0 Å². The van der Waals surface area contributed by atoms with Gasteiger partial charge < -0.3 is 10.6 Å². The number of anilines is 1. The van der Waals surface area contributed by atoms with Gasteiger partial charge >= 0.3 is 0 Å². The van der Waals surface area contributed by atoms with Crippen molar-refractivity contribution in [2.45, 2.75) is 37.1 Å². The lowest BCUT2D eigenvalue weighted by atomic mass is 10.2. The molecule has 3 aromatic rings. The molecule has 10 heteroatoms. The summed E-state index contributed by atoms with van der Waals surface area (Å²) < 4.78 is 5.75. The zero-order valence-electron chi connectivity index (χ0n) is 14.2. The molecular formula is C16H17N5O2S3. The number of hydrogen-bond acceptors (Lipinski definition) is 10. The Balaban J connectivity index is 1.85. The molecule has 26 heavy (non-hydrogen) atoms. The monoisotopic (exact) mass is 407 g/mol. The summed E-state index contributed by atoms with van der Waals surface area (Å²) in [7, 11) is 0. The Morgan fingerprint density at radius 2 is 2.08 bits per heavy atom. The molecule has 7 nitrogen and oxygen atoms in total. The maximum atomic E-state index is 12.8. The topological polar surface area (TPSA) is 103 Å². The number of oxime groups is 1. The van der Waals surface area contributed by atoms with Crippen LogP contribution in [0, 0.1) is 0 Å². The summed E-state index contributed by atoms with van der Waals surface area (Å²) >= 11 is 3.45. The lowest BCUT2D eigenvalue weighted by Gasteiger charge is -2.10. The number of hydrogen-bond donors (Lipinski definition) is 1. The van der Waals surface area contributed by atoms with Gasteiger partial charge in [-0.25, -0.2) is 4.98 Å². The first-order valence-corrected chi connectivity index (χ1v) is 10.4. The van der Waals surface area contributed by atoms with Crippen LogP contribution in [0.1, 0.15) is 32.5 Å². The highest BCUT2D eigenvalue weighted by atomic mass is 32.2. The van der Waals surface area contributed by atoms with Crippen molar-refractivity contribution in [3.63, 3.8) is 0 Å². The van der Waals surface area contributed by atoms with Gasteiger partial charge in [0.05, 0.1) is 10.2 Å². The number of benzene rings is 1. The second kappa shape index (κ2) is 8.56. The minimum atomic E-state index is -0.326. The summed E-state index contributed by atoms with van der Waals surface area (Å²) in [5.74, 6) is 0.178. The van der Waals surface area contributed by atoms with Crippen molar-refractivity contribution in [1.82, 2.24) is 14.3 Å². The van der Waals surface area contributed by atoms with Crippen LogP contribution < -0.4 is 5.73 Å². The summed E-state index contributed by atoms with van der Waals surface area (Å²) in [6.07, 6.45) is 1.51. The van der Waals surface area contributed by atoms with E-state index in [2.05, 4.69) is 19.5 Å². The molecule has 0 bridgehead atoms. The molecule has 0 aliphatic rings. The fourth-order valence-corrected chi connectivity index (χ4v) is 4.41. The normalized spacial score (nSPS) is 12.0. The highest BCUT2D eigenvalue weighted by molar-refractivity contribution is 8.16. The van der Waals surface area contributed by atoms with Crippen molar-refractivity contribution in [3.05, 3.63) is 30.1 Å². The zero-order chi connectivity index (χ0) is 18.5. The predicted octanol–water partition coefficient (Wildman–Crippen LogP) is 3.96. The van der Waals surface area contributed by atoms with Crippen molar-refractivity contribution in [1.29, 1.82) is 0 Å². The van der Waals surface area contributed by atoms with E-state index in [-0.39, 0.29) is 27.9 Å². The Labute approximate surface area is 162 Å². The number of thioether (sulfide) groups is 1. The van der Waals surface area contributed by atoms with E-state index in [1.54, 1.807) is 0 Å². The van der Waals surface area contributed by atoms with Crippen LogP contribution >= 0.6 is 34.6 Å². The molecule has 0 aliphatic heterocycles. The van der Waals surface area contributed by atoms with Crippen molar-refractivity contribution in [2.75, 3.05) is 5.73 Å². The number of aromatic nitrogens is 3. The summed E-state index contributed by atoms with van der Waals surface area (Å²) in [6, 6.07) is 7.73. The summed E-state index contributed by atoms with van der Waals surface area (Å²) in [5.41, 5.74) is 6.56. The molecule has 0 unspecified atom stereocenters. The second-order valence-electron chi connectivity index (χ2n) is 5.28. The maximum Gasteiger partial charge on any atom is 0.252 e. The standard InChI is InChI=1S/C16H17N5O2S3/c1-3-9(4-2)23-20-12(13-19-15(17)26-21-13)14(22)25-16-18-10-7-5-6-8-11(10)24-16/h5-9H,3-4H2,1-2H3,(H2,17,19,21)/b20-12-.